The number of unbranched alkanes of at least 4 members (excludes halogenated alkanes) is 27. The molecule has 0 aliphatic rings. The molecule has 0 aromatic rings. The molecule has 386 valence electrons. The van der Waals surface area contributed by atoms with Gasteiger partial charge in [-0.2, -0.15) is 0 Å². The van der Waals surface area contributed by atoms with Gasteiger partial charge in [0.15, 0.2) is 6.10 Å². The molecule has 1 atom stereocenters. The predicted molar refractivity (Wildman–Crippen MR) is 293 cm³/mol. The predicted octanol–water partition coefficient (Wildman–Crippen LogP) is 18.7. The third-order valence-electron chi connectivity index (χ3n) is 11.7. The Morgan fingerprint density at radius 3 is 0.956 bits per heavy atom. The van der Waals surface area contributed by atoms with Gasteiger partial charge in [-0.05, 0) is 57.8 Å². The van der Waals surface area contributed by atoms with Crippen molar-refractivity contribution in [3.05, 3.63) is 109 Å². The van der Waals surface area contributed by atoms with E-state index < -0.39 is 6.10 Å². The van der Waals surface area contributed by atoms with Crippen molar-refractivity contribution in [3.8, 4) is 0 Å². The van der Waals surface area contributed by atoms with Crippen LogP contribution in [0.5, 0.6) is 0 Å². The number of hydrogen-bond acceptors (Lipinski definition) is 6. The minimum Gasteiger partial charge on any atom is -0.462 e. The van der Waals surface area contributed by atoms with Crippen LogP contribution in [0.3, 0.4) is 0 Å². The standard InChI is InChI=1S/C62H102O6/c1-4-7-10-13-16-19-22-25-28-30-32-34-37-40-43-46-49-52-55-61(64)67-58-59(57-66-60(63)54-51-48-45-42-39-36-33-27-24-21-18-15-12-9-6-3)68-62(65)56-53-50-47-44-41-38-35-31-29-26-23-20-17-14-11-8-5-2/h9-10,12-13,15-16,18-19,21-22,24-25,27-28,30,32-34,59H,4-8,11,14,17,20,23,26,29,31,35-58H2,1-3H3/b12-9-,13-10-,18-15-,19-16-,24-21-,25-22-,30-28-,33-27-,34-32-. The van der Waals surface area contributed by atoms with Crippen molar-refractivity contribution in [1.29, 1.82) is 0 Å². The average Bonchev–Trinajstić information content (AvgIpc) is 3.34. The second-order valence-electron chi connectivity index (χ2n) is 18.3. The van der Waals surface area contributed by atoms with Crippen LogP contribution < -0.4 is 0 Å². The molecule has 0 fully saturated rings. The van der Waals surface area contributed by atoms with Crippen molar-refractivity contribution in [2.45, 2.75) is 252 Å². The summed E-state index contributed by atoms with van der Waals surface area (Å²) >= 11 is 0. The molecular weight excluding hydrogens is 841 g/mol. The SMILES string of the molecule is CC\C=C/C=C\C=C/C=C\CCCCCCCC(=O)OCC(COC(=O)CCCCCCC\C=C/C=C\C=C/C=C\C=C/CCC)OC(=O)CCCCCCCCCCCCCCCCCCC. The molecular formula is C62H102O6. The molecule has 0 spiro atoms. The average molecular weight is 943 g/mol. The van der Waals surface area contributed by atoms with E-state index in [1.807, 2.05) is 42.5 Å². The summed E-state index contributed by atoms with van der Waals surface area (Å²) in [5.41, 5.74) is 0. The lowest BCUT2D eigenvalue weighted by Gasteiger charge is -2.18. The Bertz CT molecular complexity index is 1410. The van der Waals surface area contributed by atoms with Crippen molar-refractivity contribution in [1.82, 2.24) is 0 Å². The fourth-order valence-corrected chi connectivity index (χ4v) is 7.54. The largest absolute Gasteiger partial charge is 0.462 e. The smallest absolute Gasteiger partial charge is 0.306 e. The summed E-state index contributed by atoms with van der Waals surface area (Å²) in [6.45, 7) is 6.38. The highest BCUT2D eigenvalue weighted by molar-refractivity contribution is 5.71. The molecule has 0 saturated carbocycles. The molecule has 6 heteroatoms. The van der Waals surface area contributed by atoms with Crippen LogP contribution in [0.4, 0.5) is 0 Å². The molecule has 0 aliphatic heterocycles. The summed E-state index contributed by atoms with van der Waals surface area (Å²) in [5, 5.41) is 0. The van der Waals surface area contributed by atoms with Gasteiger partial charge in [0.05, 0.1) is 0 Å². The zero-order chi connectivity index (χ0) is 49.3. The molecule has 68 heavy (non-hydrogen) atoms. The summed E-state index contributed by atoms with van der Waals surface area (Å²) in [6, 6.07) is 0. The number of hydrogen-bond donors (Lipinski definition) is 0. The van der Waals surface area contributed by atoms with Crippen LogP contribution in [-0.2, 0) is 28.6 Å². The number of allylic oxidation sites excluding steroid dienone is 18. The van der Waals surface area contributed by atoms with E-state index in [9.17, 15) is 14.4 Å². The van der Waals surface area contributed by atoms with Crippen molar-refractivity contribution in [3.63, 3.8) is 0 Å². The maximum absolute atomic E-state index is 12.9. The third-order valence-corrected chi connectivity index (χ3v) is 11.7. The van der Waals surface area contributed by atoms with E-state index in [2.05, 4.69) is 87.6 Å². The Labute approximate surface area is 419 Å². The first-order valence-electron chi connectivity index (χ1n) is 28.0. The van der Waals surface area contributed by atoms with E-state index in [1.165, 1.54) is 96.3 Å². The quantitative estimate of drug-likeness (QED) is 0.0262. The highest BCUT2D eigenvalue weighted by Gasteiger charge is 2.19. The summed E-state index contributed by atoms with van der Waals surface area (Å²) < 4.78 is 16.8. The molecule has 0 amide bonds. The van der Waals surface area contributed by atoms with E-state index in [0.717, 1.165) is 109 Å². The first-order chi connectivity index (χ1) is 33.5. The van der Waals surface area contributed by atoms with Crippen molar-refractivity contribution in [2.75, 3.05) is 13.2 Å². The van der Waals surface area contributed by atoms with E-state index >= 15 is 0 Å². The van der Waals surface area contributed by atoms with E-state index in [1.54, 1.807) is 0 Å². The molecule has 0 radical (unpaired) electrons. The third kappa shape index (κ3) is 53.0. The Kier molecular flexibility index (Phi) is 52.4. The van der Waals surface area contributed by atoms with Crippen LogP contribution in [0.2, 0.25) is 0 Å². The Morgan fingerprint density at radius 1 is 0.309 bits per heavy atom. The maximum atomic E-state index is 12.9. The number of carbonyl (C=O) groups is 3. The van der Waals surface area contributed by atoms with Gasteiger partial charge >= 0.3 is 17.9 Å². The van der Waals surface area contributed by atoms with Crippen LogP contribution in [0.15, 0.2) is 109 Å². The van der Waals surface area contributed by atoms with Gasteiger partial charge in [0, 0.05) is 19.3 Å². The fraction of sp³-hybridized carbons (Fsp3) is 0.661. The van der Waals surface area contributed by atoms with Crippen LogP contribution in [-0.4, -0.2) is 37.2 Å². The van der Waals surface area contributed by atoms with Gasteiger partial charge < -0.3 is 14.2 Å². The van der Waals surface area contributed by atoms with Crippen molar-refractivity contribution >= 4 is 17.9 Å². The summed E-state index contributed by atoms with van der Waals surface area (Å²) in [6.07, 6.45) is 74.9. The zero-order valence-electron chi connectivity index (χ0n) is 44.1. The van der Waals surface area contributed by atoms with Crippen molar-refractivity contribution < 1.29 is 28.6 Å². The van der Waals surface area contributed by atoms with Gasteiger partial charge in [-0.25, -0.2) is 0 Å². The molecule has 0 bridgehead atoms. The van der Waals surface area contributed by atoms with Gasteiger partial charge in [-0.15, -0.1) is 0 Å². The molecule has 0 N–H and O–H groups in total. The molecule has 0 saturated heterocycles. The number of esters is 3. The molecule has 0 aromatic carbocycles. The summed E-state index contributed by atoms with van der Waals surface area (Å²) in [7, 11) is 0. The van der Waals surface area contributed by atoms with Crippen LogP contribution in [0.1, 0.15) is 245 Å². The second-order valence-corrected chi connectivity index (χ2v) is 18.3. The number of carbonyl (C=O) groups excluding carboxylic acids is 3. The fourth-order valence-electron chi connectivity index (χ4n) is 7.54. The van der Waals surface area contributed by atoms with Crippen LogP contribution in [0.25, 0.3) is 0 Å². The topological polar surface area (TPSA) is 78.9 Å². The second kappa shape index (κ2) is 55.7. The van der Waals surface area contributed by atoms with Gasteiger partial charge in [-0.3, -0.25) is 14.4 Å². The lowest BCUT2D eigenvalue weighted by Crippen LogP contribution is -2.30. The van der Waals surface area contributed by atoms with E-state index in [4.69, 9.17) is 14.2 Å². The van der Waals surface area contributed by atoms with Gasteiger partial charge in [0.2, 0.25) is 0 Å². The van der Waals surface area contributed by atoms with Crippen LogP contribution >= 0.6 is 0 Å². The lowest BCUT2D eigenvalue weighted by molar-refractivity contribution is -0.167. The van der Waals surface area contributed by atoms with Gasteiger partial charge in [0.25, 0.3) is 0 Å². The minimum absolute atomic E-state index is 0.0990. The highest BCUT2D eigenvalue weighted by atomic mass is 16.6. The summed E-state index contributed by atoms with van der Waals surface area (Å²) in [5.74, 6) is -0.942. The number of rotatable bonds is 49. The van der Waals surface area contributed by atoms with Crippen molar-refractivity contribution in [2.24, 2.45) is 0 Å². The van der Waals surface area contributed by atoms with Gasteiger partial charge in [-0.1, -0.05) is 278 Å². The van der Waals surface area contributed by atoms with Gasteiger partial charge in [0.1, 0.15) is 13.2 Å². The highest BCUT2D eigenvalue weighted by Crippen LogP contribution is 2.16. The zero-order valence-corrected chi connectivity index (χ0v) is 44.1. The molecule has 0 rings (SSSR count). The normalized spacial score (nSPS) is 12.9. The first-order valence-corrected chi connectivity index (χ1v) is 28.0. The maximum Gasteiger partial charge on any atom is 0.306 e. The molecule has 0 aliphatic carbocycles. The Balaban J connectivity index is 4.48. The molecule has 0 heterocycles. The Morgan fingerprint density at radius 2 is 0.603 bits per heavy atom. The summed E-state index contributed by atoms with van der Waals surface area (Å²) in [4.78, 5) is 38.1. The number of ether oxygens (including phenoxy) is 3. The molecule has 1 unspecified atom stereocenters. The minimum atomic E-state index is -0.800. The first kappa shape index (κ1) is 64.1. The monoisotopic (exact) mass is 943 g/mol. The van der Waals surface area contributed by atoms with Crippen LogP contribution in [0, 0.1) is 0 Å². The Hall–Kier alpha value is -3.93. The molecule has 6 nitrogen and oxygen atoms in total. The molecule has 0 aromatic heterocycles. The van der Waals surface area contributed by atoms with E-state index in [-0.39, 0.29) is 31.1 Å². The lowest BCUT2D eigenvalue weighted by atomic mass is 10.0. The van der Waals surface area contributed by atoms with E-state index in [0.29, 0.717) is 19.3 Å².